The van der Waals surface area contributed by atoms with Gasteiger partial charge in [-0.15, -0.1) is 0 Å². The van der Waals surface area contributed by atoms with Gasteiger partial charge in [-0.1, -0.05) is 0 Å². The summed E-state index contributed by atoms with van der Waals surface area (Å²) in [6.07, 6.45) is 3.64. The number of piperidine rings is 1. The molecule has 1 rings (SSSR count). The van der Waals surface area contributed by atoms with Gasteiger partial charge < -0.3 is 33.6 Å². The molecule has 0 amide bonds. The molecule has 0 aromatic carbocycles. The fraction of sp³-hybridized carbons (Fsp3) is 1.00. The van der Waals surface area contributed by atoms with Crippen molar-refractivity contribution in [3.05, 3.63) is 0 Å². The van der Waals surface area contributed by atoms with E-state index in [0.717, 1.165) is 4.48 Å². The molecule has 0 saturated carbocycles. The van der Waals surface area contributed by atoms with Gasteiger partial charge in [0.1, 0.15) is 12.1 Å². The van der Waals surface area contributed by atoms with Crippen LogP contribution >= 0.6 is 0 Å². The fourth-order valence-corrected chi connectivity index (χ4v) is 2.21. The zero-order valence-electron chi connectivity index (χ0n) is 8.26. The first kappa shape index (κ1) is 12.7. The predicted octanol–water partition coefficient (Wildman–Crippen LogP) is -2.00. The lowest BCUT2D eigenvalue weighted by atomic mass is 9.96. The number of nitrogens with zero attached hydrogens (tertiary/aromatic N) is 1. The SMILES string of the molecule is CC(O)C1CCCC[N+]1(C)C.[I-]. The first-order valence-corrected chi connectivity index (χ1v) is 4.55. The van der Waals surface area contributed by atoms with Crippen LogP contribution < -0.4 is 24.0 Å². The maximum Gasteiger partial charge on any atom is 0.115 e. The van der Waals surface area contributed by atoms with Crippen LogP contribution in [0.3, 0.4) is 0 Å². The van der Waals surface area contributed by atoms with Crippen LogP contribution in [0.4, 0.5) is 0 Å². The summed E-state index contributed by atoms with van der Waals surface area (Å²) in [5, 5.41) is 9.50. The van der Waals surface area contributed by atoms with E-state index in [1.165, 1.54) is 25.8 Å². The van der Waals surface area contributed by atoms with E-state index in [-0.39, 0.29) is 30.1 Å². The van der Waals surface area contributed by atoms with Crippen molar-refractivity contribution in [1.82, 2.24) is 0 Å². The predicted molar refractivity (Wildman–Crippen MR) is 46.3 cm³/mol. The Morgan fingerprint density at radius 2 is 1.92 bits per heavy atom. The number of halogens is 1. The highest BCUT2D eigenvalue weighted by Gasteiger charge is 2.34. The molecular formula is C9H20INO. The van der Waals surface area contributed by atoms with Gasteiger partial charge in [0.25, 0.3) is 0 Å². The summed E-state index contributed by atoms with van der Waals surface area (Å²) in [7, 11) is 4.44. The Kier molecular flexibility index (Phi) is 5.02. The number of rotatable bonds is 1. The van der Waals surface area contributed by atoms with Crippen molar-refractivity contribution in [2.24, 2.45) is 0 Å². The summed E-state index contributed by atoms with van der Waals surface area (Å²) >= 11 is 0. The highest BCUT2D eigenvalue weighted by Crippen LogP contribution is 2.23. The molecule has 0 bridgehead atoms. The lowest BCUT2D eigenvalue weighted by Crippen LogP contribution is -3.00. The molecule has 1 aliphatic heterocycles. The van der Waals surface area contributed by atoms with E-state index >= 15 is 0 Å². The average molecular weight is 285 g/mol. The van der Waals surface area contributed by atoms with Gasteiger partial charge in [-0.25, -0.2) is 0 Å². The van der Waals surface area contributed by atoms with E-state index in [1.54, 1.807) is 0 Å². The summed E-state index contributed by atoms with van der Waals surface area (Å²) in [5.74, 6) is 0. The summed E-state index contributed by atoms with van der Waals surface area (Å²) in [6, 6.07) is 0.462. The minimum atomic E-state index is -0.148. The normalized spacial score (nSPS) is 30.5. The van der Waals surface area contributed by atoms with Crippen molar-refractivity contribution < 1.29 is 33.6 Å². The zero-order valence-corrected chi connectivity index (χ0v) is 10.4. The average Bonchev–Trinajstić information content (AvgIpc) is 1.85. The third kappa shape index (κ3) is 2.85. The lowest BCUT2D eigenvalue weighted by molar-refractivity contribution is -0.923. The lowest BCUT2D eigenvalue weighted by Gasteiger charge is -2.42. The first-order valence-electron chi connectivity index (χ1n) is 4.55. The maximum atomic E-state index is 9.50. The highest BCUT2D eigenvalue weighted by molar-refractivity contribution is 4.69. The van der Waals surface area contributed by atoms with E-state index in [9.17, 15) is 5.11 Å². The standard InChI is InChI=1S/C9H20NO.HI/c1-8(11)9-6-4-5-7-10(9,2)3;/h8-9,11H,4-7H2,1-3H3;1H/q+1;/p-1. The Morgan fingerprint density at radius 1 is 1.33 bits per heavy atom. The van der Waals surface area contributed by atoms with Crippen LogP contribution in [0.2, 0.25) is 0 Å². The van der Waals surface area contributed by atoms with Gasteiger partial charge in [0.2, 0.25) is 0 Å². The summed E-state index contributed by atoms with van der Waals surface area (Å²) in [5.41, 5.74) is 0. The minimum Gasteiger partial charge on any atom is -1.00 e. The molecule has 2 atom stereocenters. The third-order valence-electron chi connectivity index (χ3n) is 2.94. The molecule has 3 heteroatoms. The number of hydrogen-bond donors (Lipinski definition) is 1. The van der Waals surface area contributed by atoms with Crippen molar-refractivity contribution in [2.45, 2.75) is 38.3 Å². The zero-order chi connectivity index (χ0) is 8.48. The van der Waals surface area contributed by atoms with Gasteiger partial charge >= 0.3 is 0 Å². The molecule has 74 valence electrons. The summed E-state index contributed by atoms with van der Waals surface area (Å²) in [6.45, 7) is 3.13. The molecule has 1 saturated heterocycles. The molecule has 0 radical (unpaired) electrons. The van der Waals surface area contributed by atoms with E-state index in [2.05, 4.69) is 14.1 Å². The van der Waals surface area contributed by atoms with Crippen molar-refractivity contribution in [3.8, 4) is 0 Å². The Labute approximate surface area is 92.6 Å². The summed E-state index contributed by atoms with van der Waals surface area (Å²) < 4.78 is 0.998. The quantitative estimate of drug-likeness (QED) is 0.436. The molecule has 12 heavy (non-hydrogen) atoms. The van der Waals surface area contributed by atoms with Crippen LogP contribution in [-0.2, 0) is 0 Å². The van der Waals surface area contributed by atoms with Gasteiger partial charge in [-0.2, -0.15) is 0 Å². The maximum absolute atomic E-state index is 9.50. The van der Waals surface area contributed by atoms with Gasteiger partial charge in [-0.05, 0) is 19.8 Å². The monoisotopic (exact) mass is 285 g/mol. The Morgan fingerprint density at radius 3 is 2.25 bits per heavy atom. The second-order valence-electron chi connectivity index (χ2n) is 4.31. The molecule has 0 aliphatic carbocycles. The van der Waals surface area contributed by atoms with Crippen LogP contribution in [-0.4, -0.2) is 42.4 Å². The van der Waals surface area contributed by atoms with Gasteiger partial charge in [0.05, 0.1) is 20.6 Å². The van der Waals surface area contributed by atoms with Crippen LogP contribution in [0, 0.1) is 0 Å². The van der Waals surface area contributed by atoms with Gasteiger partial charge in [-0.3, -0.25) is 0 Å². The Bertz CT molecular complexity index is 136. The molecule has 0 aromatic heterocycles. The fourth-order valence-electron chi connectivity index (χ4n) is 2.21. The topological polar surface area (TPSA) is 20.2 Å². The Balaban J connectivity index is 0.00000121. The first-order chi connectivity index (χ1) is 5.04. The Hall–Kier alpha value is 0.650. The van der Waals surface area contributed by atoms with Crippen molar-refractivity contribution in [3.63, 3.8) is 0 Å². The van der Waals surface area contributed by atoms with E-state index in [1.807, 2.05) is 6.92 Å². The van der Waals surface area contributed by atoms with Crippen LogP contribution in [0.15, 0.2) is 0 Å². The van der Waals surface area contributed by atoms with Crippen molar-refractivity contribution in [1.29, 1.82) is 0 Å². The molecule has 1 aliphatic rings. The molecule has 1 heterocycles. The third-order valence-corrected chi connectivity index (χ3v) is 2.94. The highest BCUT2D eigenvalue weighted by atomic mass is 127. The summed E-state index contributed by atoms with van der Waals surface area (Å²) in [4.78, 5) is 0. The minimum absolute atomic E-state index is 0. The molecule has 0 aromatic rings. The van der Waals surface area contributed by atoms with Crippen LogP contribution in [0.5, 0.6) is 0 Å². The number of likely N-dealkylation sites (tertiary alicyclic amines) is 1. The van der Waals surface area contributed by atoms with Crippen LogP contribution in [0.1, 0.15) is 26.2 Å². The molecule has 2 unspecified atom stereocenters. The molecule has 1 N–H and O–H groups in total. The van der Waals surface area contributed by atoms with E-state index in [4.69, 9.17) is 0 Å². The van der Waals surface area contributed by atoms with Crippen molar-refractivity contribution in [2.75, 3.05) is 20.6 Å². The van der Waals surface area contributed by atoms with Crippen LogP contribution in [0.25, 0.3) is 0 Å². The second-order valence-corrected chi connectivity index (χ2v) is 4.31. The van der Waals surface area contributed by atoms with Gasteiger partial charge in [0.15, 0.2) is 0 Å². The number of hydrogen-bond acceptors (Lipinski definition) is 1. The molecule has 1 fully saturated rings. The number of aliphatic hydroxyl groups excluding tert-OH is 1. The van der Waals surface area contributed by atoms with E-state index in [0.29, 0.717) is 6.04 Å². The molecule has 0 spiro atoms. The second kappa shape index (κ2) is 4.77. The molecule has 2 nitrogen and oxygen atoms in total. The largest absolute Gasteiger partial charge is 1.00 e. The number of aliphatic hydroxyl groups is 1. The molecular weight excluding hydrogens is 265 g/mol. The smallest absolute Gasteiger partial charge is 0.115 e. The van der Waals surface area contributed by atoms with Crippen molar-refractivity contribution >= 4 is 0 Å². The number of quaternary nitrogens is 1. The van der Waals surface area contributed by atoms with E-state index < -0.39 is 0 Å². The number of likely N-dealkylation sites (N-methyl/N-ethyl adjacent to an activating group) is 1. The van der Waals surface area contributed by atoms with Gasteiger partial charge in [0, 0.05) is 6.42 Å².